The molecule has 0 aromatic heterocycles. The maximum Gasteiger partial charge on any atom is 0.119 e. The second-order valence-corrected chi connectivity index (χ2v) is 8.86. The molecular formula is C33H32O4. The molecule has 0 radical (unpaired) electrons. The van der Waals surface area contributed by atoms with Gasteiger partial charge < -0.3 is 18.9 Å². The number of methoxy groups -OCH3 is 1. The van der Waals surface area contributed by atoms with Crippen LogP contribution in [0.5, 0.6) is 5.75 Å². The van der Waals surface area contributed by atoms with Crippen LogP contribution in [0.15, 0.2) is 103 Å². The van der Waals surface area contributed by atoms with E-state index in [9.17, 15) is 0 Å². The first kappa shape index (κ1) is 25.0. The molecule has 4 nitrogen and oxygen atoms in total. The van der Waals surface area contributed by atoms with Gasteiger partial charge in [0.25, 0.3) is 0 Å². The quantitative estimate of drug-likeness (QED) is 0.134. The van der Waals surface area contributed by atoms with Gasteiger partial charge in [-0.15, -0.1) is 0 Å². The van der Waals surface area contributed by atoms with Gasteiger partial charge in [-0.05, 0) is 62.0 Å². The van der Waals surface area contributed by atoms with E-state index in [0.29, 0.717) is 39.6 Å². The fourth-order valence-corrected chi connectivity index (χ4v) is 4.58. The van der Waals surface area contributed by atoms with Crippen molar-refractivity contribution in [3.63, 3.8) is 0 Å². The fourth-order valence-electron chi connectivity index (χ4n) is 4.58. The first-order valence-corrected chi connectivity index (χ1v) is 12.7. The zero-order chi connectivity index (χ0) is 25.3. The average molecular weight is 493 g/mol. The van der Waals surface area contributed by atoms with Crippen molar-refractivity contribution >= 4 is 21.5 Å². The lowest BCUT2D eigenvalue weighted by atomic mass is 9.91. The molecule has 0 atom stereocenters. The van der Waals surface area contributed by atoms with Crippen molar-refractivity contribution in [2.24, 2.45) is 0 Å². The molecule has 0 aliphatic rings. The molecule has 0 spiro atoms. The van der Waals surface area contributed by atoms with Crippen molar-refractivity contribution in [2.45, 2.75) is 0 Å². The van der Waals surface area contributed by atoms with E-state index >= 15 is 0 Å². The topological polar surface area (TPSA) is 36.9 Å². The van der Waals surface area contributed by atoms with E-state index in [0.717, 1.165) is 11.3 Å². The summed E-state index contributed by atoms with van der Waals surface area (Å²) in [6, 6.07) is 36.6. The first-order chi connectivity index (χ1) is 18.3. The Bertz CT molecular complexity index is 1370. The largest absolute Gasteiger partial charge is 0.491 e. The number of ether oxygens (including phenoxy) is 4. The van der Waals surface area contributed by atoms with Gasteiger partial charge in [0.1, 0.15) is 12.4 Å². The van der Waals surface area contributed by atoms with E-state index in [-0.39, 0.29) is 0 Å². The summed E-state index contributed by atoms with van der Waals surface area (Å²) in [5, 5.41) is 5.07. The van der Waals surface area contributed by atoms with Crippen LogP contribution in [-0.4, -0.2) is 46.8 Å². The highest BCUT2D eigenvalue weighted by molar-refractivity contribution is 6.12. The number of hydrogen-bond donors (Lipinski definition) is 0. The van der Waals surface area contributed by atoms with Gasteiger partial charge in [-0.25, -0.2) is 0 Å². The Labute approximate surface area is 218 Å². The van der Waals surface area contributed by atoms with Gasteiger partial charge >= 0.3 is 0 Å². The number of benzene rings is 5. The summed E-state index contributed by atoms with van der Waals surface area (Å²) in [7, 11) is 1.66. The molecule has 0 saturated carbocycles. The molecular weight excluding hydrogens is 460 g/mol. The summed E-state index contributed by atoms with van der Waals surface area (Å²) in [4.78, 5) is 0. The van der Waals surface area contributed by atoms with E-state index in [2.05, 4.69) is 91.0 Å². The second kappa shape index (κ2) is 12.5. The Hall–Kier alpha value is -3.70. The Morgan fingerprint density at radius 3 is 1.57 bits per heavy atom. The second-order valence-electron chi connectivity index (χ2n) is 8.86. The Morgan fingerprint density at radius 2 is 0.973 bits per heavy atom. The fraction of sp³-hybridized carbons (Fsp3) is 0.212. The van der Waals surface area contributed by atoms with Crippen molar-refractivity contribution in [3.8, 4) is 28.0 Å². The van der Waals surface area contributed by atoms with Gasteiger partial charge in [0.15, 0.2) is 0 Å². The molecule has 188 valence electrons. The minimum Gasteiger partial charge on any atom is -0.491 e. The van der Waals surface area contributed by atoms with Gasteiger partial charge in [0, 0.05) is 7.11 Å². The van der Waals surface area contributed by atoms with E-state index in [1.807, 2.05) is 12.1 Å². The van der Waals surface area contributed by atoms with Crippen molar-refractivity contribution in [3.05, 3.63) is 103 Å². The highest BCUT2D eigenvalue weighted by Gasteiger charge is 2.10. The molecule has 5 aromatic rings. The average Bonchev–Trinajstić information content (AvgIpc) is 2.95. The van der Waals surface area contributed by atoms with Crippen LogP contribution in [-0.2, 0) is 14.2 Å². The van der Waals surface area contributed by atoms with Crippen LogP contribution in [0.2, 0.25) is 0 Å². The van der Waals surface area contributed by atoms with Gasteiger partial charge in [-0.1, -0.05) is 84.9 Å². The molecule has 0 heterocycles. The summed E-state index contributed by atoms with van der Waals surface area (Å²) in [6.07, 6.45) is 0. The SMILES string of the molecule is COCCOCCOCCOc1ccc(-c2ccc(-c3c4ccccc4cc4ccccc34)cc2)cc1. The normalized spacial score (nSPS) is 11.3. The summed E-state index contributed by atoms with van der Waals surface area (Å²) in [5.41, 5.74) is 4.84. The van der Waals surface area contributed by atoms with Gasteiger partial charge in [-0.2, -0.15) is 0 Å². The molecule has 0 aliphatic heterocycles. The smallest absolute Gasteiger partial charge is 0.119 e. The minimum absolute atomic E-state index is 0.505. The van der Waals surface area contributed by atoms with Crippen LogP contribution in [0.25, 0.3) is 43.8 Å². The Balaban J connectivity index is 1.23. The monoisotopic (exact) mass is 492 g/mol. The minimum atomic E-state index is 0.505. The lowest BCUT2D eigenvalue weighted by Gasteiger charge is -2.13. The molecule has 4 heteroatoms. The van der Waals surface area contributed by atoms with Gasteiger partial charge in [-0.3, -0.25) is 0 Å². The Morgan fingerprint density at radius 1 is 0.486 bits per heavy atom. The van der Waals surface area contributed by atoms with Crippen LogP contribution in [0.1, 0.15) is 0 Å². The standard InChI is InChI=1S/C33H32O4/c1-34-18-19-35-20-21-36-22-23-37-30-16-14-26(15-17-30)25-10-12-27(13-11-25)33-31-8-4-2-6-28(31)24-29-7-3-5-9-32(29)33/h2-17,24H,18-23H2,1H3. The van der Waals surface area contributed by atoms with Crippen LogP contribution in [0.4, 0.5) is 0 Å². The first-order valence-electron chi connectivity index (χ1n) is 12.7. The van der Waals surface area contributed by atoms with Crippen molar-refractivity contribution < 1.29 is 18.9 Å². The van der Waals surface area contributed by atoms with Crippen molar-refractivity contribution in [1.82, 2.24) is 0 Å². The predicted molar refractivity (Wildman–Crippen MR) is 151 cm³/mol. The number of fused-ring (bicyclic) bond motifs is 2. The Kier molecular flexibility index (Phi) is 8.44. The van der Waals surface area contributed by atoms with E-state index in [1.54, 1.807) is 7.11 Å². The molecule has 0 fully saturated rings. The molecule has 37 heavy (non-hydrogen) atoms. The summed E-state index contributed by atoms with van der Waals surface area (Å²) >= 11 is 0. The number of hydrogen-bond acceptors (Lipinski definition) is 4. The molecule has 0 N–H and O–H groups in total. The van der Waals surface area contributed by atoms with Gasteiger partial charge in [0.05, 0.1) is 33.0 Å². The summed E-state index contributed by atoms with van der Waals surface area (Å²) in [5.74, 6) is 0.836. The van der Waals surface area contributed by atoms with E-state index in [4.69, 9.17) is 18.9 Å². The van der Waals surface area contributed by atoms with Gasteiger partial charge in [0.2, 0.25) is 0 Å². The third-order valence-corrected chi connectivity index (χ3v) is 6.43. The van der Waals surface area contributed by atoms with Crippen LogP contribution in [0.3, 0.4) is 0 Å². The third-order valence-electron chi connectivity index (χ3n) is 6.43. The van der Waals surface area contributed by atoms with Crippen molar-refractivity contribution in [1.29, 1.82) is 0 Å². The maximum atomic E-state index is 5.81. The van der Waals surface area contributed by atoms with Crippen LogP contribution < -0.4 is 4.74 Å². The summed E-state index contributed by atoms with van der Waals surface area (Å²) < 4.78 is 21.7. The molecule has 0 saturated heterocycles. The number of rotatable bonds is 12. The lowest BCUT2D eigenvalue weighted by molar-refractivity contribution is 0.0180. The molecule has 0 aliphatic carbocycles. The lowest BCUT2D eigenvalue weighted by Crippen LogP contribution is -2.12. The van der Waals surface area contributed by atoms with Crippen LogP contribution in [0, 0.1) is 0 Å². The van der Waals surface area contributed by atoms with E-state index in [1.165, 1.54) is 38.2 Å². The highest BCUT2D eigenvalue weighted by Crippen LogP contribution is 2.37. The molecule has 0 bridgehead atoms. The van der Waals surface area contributed by atoms with Crippen molar-refractivity contribution in [2.75, 3.05) is 46.8 Å². The molecule has 5 aromatic carbocycles. The molecule has 0 amide bonds. The molecule has 5 rings (SSSR count). The zero-order valence-corrected chi connectivity index (χ0v) is 21.2. The van der Waals surface area contributed by atoms with Crippen LogP contribution >= 0.6 is 0 Å². The maximum absolute atomic E-state index is 5.81. The molecule has 0 unspecified atom stereocenters. The third kappa shape index (κ3) is 6.17. The highest BCUT2D eigenvalue weighted by atomic mass is 16.6. The zero-order valence-electron chi connectivity index (χ0n) is 21.2. The summed E-state index contributed by atoms with van der Waals surface area (Å²) in [6.45, 7) is 3.34. The van der Waals surface area contributed by atoms with E-state index < -0.39 is 0 Å². The predicted octanol–water partition coefficient (Wildman–Crippen LogP) is 7.39.